The molecule has 0 aliphatic rings. The van der Waals surface area contributed by atoms with Crippen molar-refractivity contribution in [1.29, 1.82) is 0 Å². The molecule has 272 valence electrons. The maximum absolute atomic E-state index is 2.31. The first-order chi connectivity index (χ1) is 27.4. The van der Waals surface area contributed by atoms with E-state index in [0.717, 1.165) is 45.3 Å². The Morgan fingerprint density at radius 1 is 0.286 bits per heavy atom. The number of aryl methyl sites for hydroxylation is 4. The molecule has 8 aromatic carbocycles. The SMILES string of the molecule is Cc1ccc(N(c2ccc(C)cc2)c2ccc(C=Cc3cc4ccccc4cc3C=Cc3ccc(N(c4ccc(C)cc4)c4ccc(C)cc4)cc3)cc2)cc1. The molecule has 0 fully saturated rings. The van der Waals surface area contributed by atoms with Crippen molar-refractivity contribution in [2.45, 2.75) is 27.7 Å². The van der Waals surface area contributed by atoms with Gasteiger partial charge in [0.2, 0.25) is 0 Å². The maximum atomic E-state index is 2.31. The van der Waals surface area contributed by atoms with Crippen LogP contribution in [0.1, 0.15) is 44.5 Å². The van der Waals surface area contributed by atoms with E-state index in [1.54, 1.807) is 0 Å². The molecule has 0 bridgehead atoms. The van der Waals surface area contributed by atoms with Crippen molar-refractivity contribution in [2.75, 3.05) is 9.80 Å². The second kappa shape index (κ2) is 16.2. The van der Waals surface area contributed by atoms with Crippen LogP contribution < -0.4 is 9.80 Å². The predicted octanol–water partition coefficient (Wildman–Crippen LogP) is 15.4. The summed E-state index contributed by atoms with van der Waals surface area (Å²) in [6.07, 6.45) is 8.91. The summed E-state index contributed by atoms with van der Waals surface area (Å²) in [5.41, 5.74) is 16.4. The van der Waals surface area contributed by atoms with Crippen molar-refractivity contribution in [3.05, 3.63) is 226 Å². The van der Waals surface area contributed by atoms with E-state index in [4.69, 9.17) is 0 Å². The molecule has 0 aliphatic carbocycles. The van der Waals surface area contributed by atoms with Crippen LogP contribution in [0.5, 0.6) is 0 Å². The van der Waals surface area contributed by atoms with Crippen molar-refractivity contribution in [1.82, 2.24) is 0 Å². The first-order valence-corrected chi connectivity index (χ1v) is 19.3. The summed E-state index contributed by atoms with van der Waals surface area (Å²) in [5.74, 6) is 0. The molecule has 8 rings (SSSR count). The van der Waals surface area contributed by atoms with E-state index >= 15 is 0 Å². The molecule has 56 heavy (non-hydrogen) atoms. The molecule has 8 aromatic rings. The monoisotopic (exact) mass is 722 g/mol. The Hall–Kier alpha value is -6.90. The first-order valence-electron chi connectivity index (χ1n) is 19.3. The first kappa shape index (κ1) is 36.1. The summed E-state index contributed by atoms with van der Waals surface area (Å²) in [6.45, 7) is 8.51. The molecule has 0 aromatic heterocycles. The number of fused-ring (bicyclic) bond motifs is 1. The van der Waals surface area contributed by atoms with Gasteiger partial charge in [-0.05, 0) is 146 Å². The molecule has 0 saturated carbocycles. The Kier molecular flexibility index (Phi) is 10.5. The van der Waals surface area contributed by atoms with Crippen LogP contribution in [-0.2, 0) is 0 Å². The number of nitrogens with zero attached hydrogens (tertiary/aromatic N) is 2. The lowest BCUT2D eigenvalue weighted by atomic mass is 9.99. The van der Waals surface area contributed by atoms with Crippen LogP contribution >= 0.6 is 0 Å². The third-order valence-electron chi connectivity index (χ3n) is 10.3. The summed E-state index contributed by atoms with van der Waals surface area (Å²) in [7, 11) is 0. The minimum Gasteiger partial charge on any atom is -0.311 e. The Bertz CT molecular complexity index is 2330. The lowest BCUT2D eigenvalue weighted by molar-refractivity contribution is 1.27. The van der Waals surface area contributed by atoms with Crippen LogP contribution in [0.2, 0.25) is 0 Å². The Balaban J connectivity index is 1.07. The van der Waals surface area contributed by atoms with Crippen LogP contribution in [0.4, 0.5) is 34.1 Å². The van der Waals surface area contributed by atoms with E-state index < -0.39 is 0 Å². The Labute approximate surface area is 332 Å². The standard InChI is InChI=1S/C54H46N2/c1-39-9-25-49(26-10-39)55(50-27-11-40(2)12-28-50)53-33-19-43(20-34-53)17-23-47-37-45-7-5-6-8-46(45)38-48(47)24-18-44-21-35-54(36-22-44)56(51-29-13-41(3)14-30-51)52-31-15-42(4)16-32-52/h5-38H,1-4H3. The molecule has 2 nitrogen and oxygen atoms in total. The highest BCUT2D eigenvalue weighted by Gasteiger charge is 2.14. The van der Waals surface area contributed by atoms with Gasteiger partial charge >= 0.3 is 0 Å². The lowest BCUT2D eigenvalue weighted by Crippen LogP contribution is -2.09. The van der Waals surface area contributed by atoms with Gasteiger partial charge in [-0.15, -0.1) is 0 Å². The van der Waals surface area contributed by atoms with E-state index in [9.17, 15) is 0 Å². The minimum atomic E-state index is 1.12. The summed E-state index contributed by atoms with van der Waals surface area (Å²) >= 11 is 0. The fourth-order valence-corrected chi connectivity index (χ4v) is 7.07. The van der Waals surface area contributed by atoms with Gasteiger partial charge in [0.05, 0.1) is 0 Å². The topological polar surface area (TPSA) is 6.48 Å². The number of hydrogen-bond acceptors (Lipinski definition) is 2. The zero-order valence-corrected chi connectivity index (χ0v) is 32.5. The average molecular weight is 723 g/mol. The van der Waals surface area contributed by atoms with Crippen LogP contribution in [0, 0.1) is 27.7 Å². The van der Waals surface area contributed by atoms with Crippen molar-refractivity contribution in [3.63, 3.8) is 0 Å². The summed E-state index contributed by atoms with van der Waals surface area (Å²) < 4.78 is 0. The van der Waals surface area contributed by atoms with E-state index in [0.29, 0.717) is 0 Å². The van der Waals surface area contributed by atoms with Gasteiger partial charge in [0, 0.05) is 34.1 Å². The molecule has 0 spiro atoms. The van der Waals surface area contributed by atoms with Crippen LogP contribution in [0.25, 0.3) is 35.1 Å². The van der Waals surface area contributed by atoms with Gasteiger partial charge in [-0.3, -0.25) is 0 Å². The van der Waals surface area contributed by atoms with Crippen LogP contribution in [0.15, 0.2) is 182 Å². The van der Waals surface area contributed by atoms with E-state index in [2.05, 4.69) is 244 Å². The molecule has 0 saturated heterocycles. The summed E-state index contributed by atoms with van der Waals surface area (Å²) in [4.78, 5) is 4.63. The molecule has 0 unspecified atom stereocenters. The van der Waals surface area contributed by atoms with Gasteiger partial charge in [0.1, 0.15) is 0 Å². The summed E-state index contributed by atoms with van der Waals surface area (Å²) in [5, 5.41) is 2.45. The second-order valence-corrected chi connectivity index (χ2v) is 14.7. The molecule has 0 aliphatic heterocycles. The molecular weight excluding hydrogens is 677 g/mol. The third kappa shape index (κ3) is 8.26. The van der Waals surface area contributed by atoms with Crippen molar-refractivity contribution < 1.29 is 0 Å². The van der Waals surface area contributed by atoms with Gasteiger partial charge in [0.25, 0.3) is 0 Å². The number of anilines is 6. The number of benzene rings is 8. The van der Waals surface area contributed by atoms with Gasteiger partial charge in [-0.2, -0.15) is 0 Å². The Morgan fingerprint density at radius 3 is 0.804 bits per heavy atom. The maximum Gasteiger partial charge on any atom is 0.0462 e. The molecule has 0 amide bonds. The lowest BCUT2D eigenvalue weighted by Gasteiger charge is -2.26. The minimum absolute atomic E-state index is 1.12. The highest BCUT2D eigenvalue weighted by molar-refractivity contribution is 5.92. The normalized spacial score (nSPS) is 11.4. The van der Waals surface area contributed by atoms with Crippen molar-refractivity contribution in [3.8, 4) is 0 Å². The smallest absolute Gasteiger partial charge is 0.0462 e. The quantitative estimate of drug-likeness (QED) is 0.130. The molecule has 0 N–H and O–H groups in total. The molecule has 2 heteroatoms. The third-order valence-corrected chi connectivity index (χ3v) is 10.3. The van der Waals surface area contributed by atoms with E-state index in [1.807, 2.05) is 0 Å². The predicted molar refractivity (Wildman–Crippen MR) is 243 cm³/mol. The average Bonchev–Trinajstić information content (AvgIpc) is 3.23. The highest BCUT2D eigenvalue weighted by Crippen LogP contribution is 2.37. The molecule has 0 radical (unpaired) electrons. The fourth-order valence-electron chi connectivity index (χ4n) is 7.07. The number of hydrogen-bond donors (Lipinski definition) is 0. The molecular formula is C54H46N2. The fraction of sp³-hybridized carbons (Fsp3) is 0.0741. The van der Waals surface area contributed by atoms with Gasteiger partial charge in [0.15, 0.2) is 0 Å². The van der Waals surface area contributed by atoms with Crippen LogP contribution in [-0.4, -0.2) is 0 Å². The molecule has 0 atom stereocenters. The largest absolute Gasteiger partial charge is 0.311 e. The van der Waals surface area contributed by atoms with E-state index in [-0.39, 0.29) is 0 Å². The zero-order chi connectivity index (χ0) is 38.4. The van der Waals surface area contributed by atoms with E-state index in [1.165, 1.54) is 44.2 Å². The van der Waals surface area contributed by atoms with Crippen molar-refractivity contribution >= 4 is 69.2 Å². The van der Waals surface area contributed by atoms with Gasteiger partial charge in [-0.1, -0.05) is 144 Å². The van der Waals surface area contributed by atoms with Gasteiger partial charge < -0.3 is 9.80 Å². The van der Waals surface area contributed by atoms with Crippen LogP contribution in [0.3, 0.4) is 0 Å². The number of rotatable bonds is 10. The Morgan fingerprint density at radius 2 is 0.536 bits per heavy atom. The molecule has 0 heterocycles. The van der Waals surface area contributed by atoms with Crippen molar-refractivity contribution in [2.24, 2.45) is 0 Å². The highest BCUT2D eigenvalue weighted by atomic mass is 15.1. The summed E-state index contributed by atoms with van der Waals surface area (Å²) in [6, 6.07) is 65.7. The second-order valence-electron chi connectivity index (χ2n) is 14.7. The zero-order valence-electron chi connectivity index (χ0n) is 32.5. The van der Waals surface area contributed by atoms with Gasteiger partial charge in [-0.25, -0.2) is 0 Å².